The summed E-state index contributed by atoms with van der Waals surface area (Å²) in [5, 5.41) is 7.68. The highest BCUT2D eigenvalue weighted by Gasteiger charge is 2.47. The maximum atomic E-state index is 13.1. The molecule has 1 amide bonds. The first-order chi connectivity index (χ1) is 17.1. The molecule has 2 aromatic rings. The third-order valence-corrected chi connectivity index (χ3v) is 9.44. The number of halogens is 3. The molecule has 0 atom stereocenters. The van der Waals surface area contributed by atoms with Crippen LogP contribution in [0.2, 0.25) is 0 Å². The van der Waals surface area contributed by atoms with Crippen LogP contribution in [0, 0.1) is 6.92 Å². The molecule has 2 aliphatic heterocycles. The minimum absolute atomic E-state index is 0.0263. The number of primary sulfonamides is 1. The van der Waals surface area contributed by atoms with Crippen LogP contribution in [0.4, 0.5) is 13.2 Å². The van der Waals surface area contributed by atoms with Gasteiger partial charge in [0.25, 0.3) is 5.91 Å². The van der Waals surface area contributed by atoms with Crippen LogP contribution in [0.5, 0.6) is 0 Å². The van der Waals surface area contributed by atoms with Gasteiger partial charge in [-0.3, -0.25) is 9.79 Å². The van der Waals surface area contributed by atoms with E-state index in [-0.39, 0.29) is 54.4 Å². The van der Waals surface area contributed by atoms with Crippen LogP contribution in [0.25, 0.3) is 0 Å². The van der Waals surface area contributed by atoms with Crippen molar-refractivity contribution in [3.8, 4) is 0 Å². The van der Waals surface area contributed by atoms with Gasteiger partial charge in [0, 0.05) is 18.7 Å². The molecule has 9 nitrogen and oxygen atoms in total. The first-order valence-electron chi connectivity index (χ1n) is 11.3. The lowest BCUT2D eigenvalue weighted by molar-refractivity contribution is -0.137. The largest absolute Gasteiger partial charge is 0.416 e. The molecule has 1 fully saturated rings. The van der Waals surface area contributed by atoms with Gasteiger partial charge < -0.3 is 5.32 Å². The van der Waals surface area contributed by atoms with Gasteiger partial charge in [0.05, 0.1) is 16.2 Å². The summed E-state index contributed by atoms with van der Waals surface area (Å²) < 4.78 is 89.4. The fourth-order valence-corrected chi connectivity index (χ4v) is 6.54. The van der Waals surface area contributed by atoms with Crippen molar-refractivity contribution in [3.05, 3.63) is 64.7 Å². The molecule has 0 radical (unpaired) electrons. The Hall–Kier alpha value is -2.81. The topological polar surface area (TPSA) is 139 Å². The number of hydrogen-bond acceptors (Lipinski definition) is 6. The van der Waals surface area contributed by atoms with Gasteiger partial charge in [0.15, 0.2) is 0 Å². The number of nitrogens with two attached hydrogens (primary N) is 1. The fraction of sp³-hybridized carbons (Fsp3) is 0.391. The smallest absolute Gasteiger partial charge is 0.308 e. The summed E-state index contributed by atoms with van der Waals surface area (Å²) in [7, 11) is -7.57. The van der Waals surface area contributed by atoms with Crippen molar-refractivity contribution in [1.82, 2.24) is 9.62 Å². The lowest BCUT2D eigenvalue weighted by atomic mass is 9.89. The van der Waals surface area contributed by atoms with Crippen LogP contribution in [0.1, 0.15) is 35.1 Å². The van der Waals surface area contributed by atoms with Gasteiger partial charge in [-0.15, -0.1) is 0 Å². The molecule has 0 aromatic heterocycles. The van der Waals surface area contributed by atoms with Crippen LogP contribution in [-0.2, 0) is 37.4 Å². The number of hydrogen-bond donors (Lipinski definition) is 2. The van der Waals surface area contributed by atoms with E-state index < -0.39 is 43.2 Å². The molecule has 1 saturated heterocycles. The van der Waals surface area contributed by atoms with Crippen molar-refractivity contribution in [2.75, 3.05) is 18.8 Å². The van der Waals surface area contributed by atoms with E-state index >= 15 is 0 Å². The Bertz CT molecular complexity index is 1480. The summed E-state index contributed by atoms with van der Waals surface area (Å²) in [6.07, 6.45) is -4.22. The van der Waals surface area contributed by atoms with E-state index in [2.05, 4.69) is 10.3 Å². The summed E-state index contributed by atoms with van der Waals surface area (Å²) in [6, 6.07) is 8.74. The minimum atomic E-state index is -4.54. The van der Waals surface area contributed by atoms with E-state index in [9.17, 15) is 34.8 Å². The van der Waals surface area contributed by atoms with Crippen molar-refractivity contribution < 1.29 is 34.8 Å². The number of sulfonamides is 2. The average molecular weight is 559 g/mol. The third-order valence-electron chi connectivity index (χ3n) is 6.66. The van der Waals surface area contributed by atoms with Gasteiger partial charge in [0.1, 0.15) is 11.4 Å². The maximum Gasteiger partial charge on any atom is 0.416 e. The Morgan fingerprint density at radius 1 is 1.08 bits per heavy atom. The Morgan fingerprint density at radius 2 is 1.76 bits per heavy atom. The zero-order valence-corrected chi connectivity index (χ0v) is 21.4. The van der Waals surface area contributed by atoms with E-state index in [0.29, 0.717) is 11.1 Å². The normalized spacial score (nSPS) is 18.6. The molecule has 1 spiro atoms. The van der Waals surface area contributed by atoms with Gasteiger partial charge in [-0.25, -0.2) is 26.3 Å². The lowest BCUT2D eigenvalue weighted by Crippen LogP contribution is -2.50. The van der Waals surface area contributed by atoms with Crippen molar-refractivity contribution in [2.45, 2.75) is 42.8 Å². The molecule has 2 aliphatic rings. The number of nitrogens with zero attached hydrogens (tertiary/aromatic N) is 2. The number of amidine groups is 1. The van der Waals surface area contributed by atoms with Crippen molar-refractivity contribution in [3.63, 3.8) is 0 Å². The highest BCUT2D eigenvalue weighted by Crippen LogP contribution is 2.34. The summed E-state index contributed by atoms with van der Waals surface area (Å²) >= 11 is 0. The number of nitrogens with one attached hydrogen (secondary N) is 1. The van der Waals surface area contributed by atoms with E-state index in [0.717, 1.165) is 12.1 Å². The number of aryl methyl sites for hydroxylation is 2. The number of alkyl halides is 3. The number of benzene rings is 2. The van der Waals surface area contributed by atoms with Gasteiger partial charge in [-0.2, -0.15) is 13.2 Å². The van der Waals surface area contributed by atoms with E-state index in [1.165, 1.54) is 34.6 Å². The summed E-state index contributed by atoms with van der Waals surface area (Å²) in [4.78, 5) is 17.1. The molecule has 14 heteroatoms. The highest BCUT2D eigenvalue weighted by atomic mass is 32.2. The number of amides is 1. The van der Waals surface area contributed by atoms with Crippen molar-refractivity contribution in [1.29, 1.82) is 0 Å². The molecule has 37 heavy (non-hydrogen) atoms. The number of carbonyl (C=O) groups is 1. The first-order valence-corrected chi connectivity index (χ1v) is 14.5. The second-order valence-electron chi connectivity index (χ2n) is 9.12. The maximum absolute atomic E-state index is 13.1. The lowest BCUT2D eigenvalue weighted by Gasteiger charge is -2.34. The molecule has 2 heterocycles. The molecular weight excluding hydrogens is 533 g/mol. The molecule has 2 aromatic carbocycles. The number of aliphatic imine (C=N–C) groups is 1. The molecule has 3 N–H and O–H groups in total. The molecule has 0 aliphatic carbocycles. The van der Waals surface area contributed by atoms with Gasteiger partial charge in [-0.1, -0.05) is 18.2 Å². The summed E-state index contributed by atoms with van der Waals surface area (Å²) in [5.74, 6) is -0.658. The zero-order chi connectivity index (χ0) is 27.2. The second-order valence-corrected chi connectivity index (χ2v) is 12.8. The highest BCUT2D eigenvalue weighted by molar-refractivity contribution is 7.89. The first kappa shape index (κ1) is 27.2. The van der Waals surface area contributed by atoms with E-state index in [4.69, 9.17) is 5.14 Å². The van der Waals surface area contributed by atoms with E-state index in [1.54, 1.807) is 6.92 Å². The van der Waals surface area contributed by atoms with Gasteiger partial charge >= 0.3 is 6.18 Å². The van der Waals surface area contributed by atoms with Crippen molar-refractivity contribution >= 4 is 31.8 Å². The van der Waals surface area contributed by atoms with Crippen LogP contribution in [0.3, 0.4) is 0 Å². The van der Waals surface area contributed by atoms with Crippen LogP contribution < -0.4 is 10.5 Å². The molecule has 0 unspecified atom stereocenters. The van der Waals surface area contributed by atoms with Gasteiger partial charge in [-0.05, 0) is 61.6 Å². The quantitative estimate of drug-likeness (QED) is 0.558. The average Bonchev–Trinajstić information content (AvgIpc) is 3.13. The van der Waals surface area contributed by atoms with Gasteiger partial charge in [0.2, 0.25) is 20.0 Å². The number of rotatable bonds is 6. The Kier molecular flexibility index (Phi) is 6.99. The molecule has 0 bridgehead atoms. The predicted molar refractivity (Wildman–Crippen MR) is 130 cm³/mol. The predicted octanol–water partition coefficient (Wildman–Crippen LogP) is 1.94. The Labute approximate surface area is 212 Å². The molecule has 0 saturated carbocycles. The Balaban J connectivity index is 1.43. The molecule has 200 valence electrons. The standard InChI is InChI=1S/C23H25F3N4O5S2/c1-15-13-19(37(27,34)35)6-5-16(15)7-12-36(32,33)30-10-8-22(9-11-30)21(31)28-20(29-22)17-3-2-4-18(14-17)23(24,25)26/h2-6,13-14H,7-12H2,1H3,(H2,27,34,35)(H,28,29,31). The minimum Gasteiger partial charge on any atom is -0.308 e. The SMILES string of the molecule is Cc1cc(S(N)(=O)=O)ccc1CCS(=O)(=O)N1CCC2(CC1)N=C(c1cccc(C(F)(F)F)c1)NC2=O. The third kappa shape index (κ3) is 5.71. The van der Waals surface area contributed by atoms with Crippen LogP contribution >= 0.6 is 0 Å². The van der Waals surface area contributed by atoms with Crippen LogP contribution in [0.15, 0.2) is 52.4 Å². The van der Waals surface area contributed by atoms with Crippen LogP contribution in [-0.4, -0.2) is 57.3 Å². The second kappa shape index (κ2) is 9.49. The fourth-order valence-electron chi connectivity index (χ4n) is 4.46. The molecular formula is C23H25F3N4O5S2. The van der Waals surface area contributed by atoms with Crippen molar-refractivity contribution in [2.24, 2.45) is 10.1 Å². The zero-order valence-electron chi connectivity index (χ0n) is 19.7. The number of carbonyl (C=O) groups excluding carboxylic acids is 1. The van der Waals surface area contributed by atoms with E-state index in [1.807, 2.05) is 0 Å². The Morgan fingerprint density at radius 3 is 2.35 bits per heavy atom. The molecule has 4 rings (SSSR count). The monoisotopic (exact) mass is 558 g/mol. The number of piperidine rings is 1. The summed E-state index contributed by atoms with van der Waals surface area (Å²) in [6.45, 7) is 1.72. The summed E-state index contributed by atoms with van der Waals surface area (Å²) in [5.41, 5.74) is -0.721.